The van der Waals surface area contributed by atoms with Crippen LogP contribution in [0.1, 0.15) is 27.4 Å². The Bertz CT molecular complexity index is 1720. The summed E-state index contributed by atoms with van der Waals surface area (Å²) in [7, 11) is 0. The van der Waals surface area contributed by atoms with Crippen LogP contribution in [0.15, 0.2) is 48.5 Å². The van der Waals surface area contributed by atoms with E-state index in [4.69, 9.17) is 34.8 Å². The van der Waals surface area contributed by atoms with Crippen molar-refractivity contribution in [3.05, 3.63) is 87.7 Å². The van der Waals surface area contributed by atoms with Crippen molar-refractivity contribution < 1.29 is 58.6 Å². The van der Waals surface area contributed by atoms with E-state index in [9.17, 15) is 53.9 Å². The zero-order chi connectivity index (χ0) is 34.4. The van der Waals surface area contributed by atoms with Gasteiger partial charge in [0.2, 0.25) is 5.91 Å². The van der Waals surface area contributed by atoms with Gasteiger partial charge in [-0.25, -0.2) is 13.2 Å². The van der Waals surface area contributed by atoms with Crippen molar-refractivity contribution in [2.24, 2.45) is 5.92 Å². The molecule has 246 valence electrons. The largest absolute Gasteiger partial charge is 0.523 e. The Morgan fingerprint density at radius 3 is 2.17 bits per heavy atom. The van der Waals surface area contributed by atoms with Crippen LogP contribution in [-0.4, -0.2) is 35.0 Å². The third kappa shape index (κ3) is 7.97. The van der Waals surface area contributed by atoms with Gasteiger partial charge in [-0.3, -0.25) is 19.1 Å². The number of carbonyl (C=O) groups is 3. The number of ether oxygens (including phenoxy) is 1. The third-order valence-electron chi connectivity index (χ3n) is 6.39. The summed E-state index contributed by atoms with van der Waals surface area (Å²) < 4.78 is 120. The van der Waals surface area contributed by atoms with Gasteiger partial charge in [0.1, 0.15) is 28.3 Å². The Labute approximate surface area is 266 Å². The lowest BCUT2D eigenvalue weighted by molar-refractivity contribution is -0.320. The maximum Gasteiger partial charge on any atom is 0.523 e. The van der Waals surface area contributed by atoms with E-state index in [1.807, 2.05) is 5.32 Å². The first-order valence-electron chi connectivity index (χ1n) is 12.3. The lowest BCUT2D eigenvalue weighted by atomic mass is 10.0. The Kier molecular flexibility index (Phi) is 9.79. The summed E-state index contributed by atoms with van der Waals surface area (Å²) in [4.78, 5) is 37.6. The molecule has 19 heteroatoms. The molecule has 4 rings (SSSR count). The van der Waals surface area contributed by atoms with E-state index in [0.717, 1.165) is 24.3 Å². The molecule has 3 N–H and O–H groups in total. The van der Waals surface area contributed by atoms with E-state index >= 15 is 0 Å². The van der Waals surface area contributed by atoms with Gasteiger partial charge >= 0.3 is 12.5 Å². The minimum absolute atomic E-state index is 0.123. The number of nitrogens with one attached hydrogen (secondary N) is 3. The number of hydrogen-bond acceptors (Lipinski definition) is 4. The maximum atomic E-state index is 14.9. The van der Waals surface area contributed by atoms with Gasteiger partial charge in [-0.05, 0) is 54.1 Å². The van der Waals surface area contributed by atoms with Gasteiger partial charge in [-0.2, -0.15) is 13.2 Å². The zero-order valence-corrected chi connectivity index (χ0v) is 24.4. The SMILES string of the molecule is O=C(COC(F)(F)F)Nc1c(F)ccc(NC(=O)c2cc(NC(=O)[C@H]3[C@H](c4cc(F)cc(C(F)(F)F)c4)C3(Cl)Cl)ccc2Cl)c1F. The fraction of sp³-hybridized carbons (Fsp3) is 0.222. The summed E-state index contributed by atoms with van der Waals surface area (Å²) >= 11 is 18.4. The molecular formula is C27H15Cl3F9N3O4. The Hall–Kier alpha value is -3.73. The molecule has 2 atom stereocenters. The smallest absolute Gasteiger partial charge is 0.326 e. The van der Waals surface area contributed by atoms with Crippen molar-refractivity contribution in [2.75, 3.05) is 22.6 Å². The molecular weight excluding hydrogens is 708 g/mol. The predicted molar refractivity (Wildman–Crippen MR) is 147 cm³/mol. The van der Waals surface area contributed by atoms with E-state index in [-0.39, 0.29) is 22.3 Å². The number of carbonyl (C=O) groups excluding carboxylic acids is 3. The second kappa shape index (κ2) is 12.8. The van der Waals surface area contributed by atoms with Gasteiger partial charge in [-0.15, -0.1) is 36.4 Å². The van der Waals surface area contributed by atoms with Gasteiger partial charge in [0.15, 0.2) is 5.82 Å². The number of alkyl halides is 8. The Morgan fingerprint density at radius 1 is 0.870 bits per heavy atom. The molecule has 1 saturated carbocycles. The molecule has 0 radical (unpaired) electrons. The first-order valence-corrected chi connectivity index (χ1v) is 13.5. The summed E-state index contributed by atoms with van der Waals surface area (Å²) in [6.45, 7) is -1.62. The monoisotopic (exact) mass is 721 g/mol. The van der Waals surface area contributed by atoms with E-state index in [1.165, 1.54) is 6.07 Å². The average molecular weight is 723 g/mol. The lowest BCUT2D eigenvalue weighted by Gasteiger charge is -2.14. The van der Waals surface area contributed by atoms with E-state index in [2.05, 4.69) is 10.1 Å². The zero-order valence-electron chi connectivity index (χ0n) is 22.1. The average Bonchev–Trinajstić information content (AvgIpc) is 3.53. The highest BCUT2D eigenvalue weighted by Gasteiger charge is 2.67. The molecule has 0 spiro atoms. The fourth-order valence-corrected chi connectivity index (χ4v) is 5.33. The molecule has 3 aromatic rings. The summed E-state index contributed by atoms with van der Waals surface area (Å²) in [6.07, 6.45) is -10.1. The van der Waals surface area contributed by atoms with Gasteiger partial charge in [0, 0.05) is 11.6 Å². The van der Waals surface area contributed by atoms with Crippen molar-refractivity contribution in [3.63, 3.8) is 0 Å². The molecule has 0 aromatic heterocycles. The summed E-state index contributed by atoms with van der Waals surface area (Å²) in [5.74, 6) is -10.5. The lowest BCUT2D eigenvalue weighted by Crippen LogP contribution is -2.25. The van der Waals surface area contributed by atoms with Crippen LogP contribution < -0.4 is 16.0 Å². The minimum atomic E-state index is -5.20. The van der Waals surface area contributed by atoms with Crippen LogP contribution in [0.3, 0.4) is 0 Å². The standard InChI is InChI=1S/C27H15Cl3F9N3O4/c28-15-2-1-13(40-24(45)20-19(25(20,29)30)10-5-11(26(34,35)36)7-12(31)6-10)8-14(15)23(44)41-17-4-3-16(32)22(21(17)33)42-18(43)9-46-27(37,38)39/h1-8,19-20H,9H2,(H,40,45)(H,41,44)(H,42,43)/t19-,20+/m0/s1. The van der Waals surface area contributed by atoms with Crippen molar-refractivity contribution in [1.82, 2.24) is 0 Å². The molecule has 1 aliphatic carbocycles. The molecule has 3 aromatic carbocycles. The fourth-order valence-electron chi connectivity index (χ4n) is 4.30. The highest BCUT2D eigenvalue weighted by molar-refractivity contribution is 6.53. The molecule has 0 unspecified atom stereocenters. The van der Waals surface area contributed by atoms with Crippen LogP contribution in [-0.2, 0) is 20.5 Å². The van der Waals surface area contributed by atoms with Crippen molar-refractivity contribution in [3.8, 4) is 0 Å². The van der Waals surface area contributed by atoms with Crippen LogP contribution in [0, 0.1) is 23.4 Å². The molecule has 0 aliphatic heterocycles. The number of amides is 3. The van der Waals surface area contributed by atoms with Crippen molar-refractivity contribution in [2.45, 2.75) is 22.8 Å². The topological polar surface area (TPSA) is 96.5 Å². The van der Waals surface area contributed by atoms with Crippen LogP contribution in [0.2, 0.25) is 5.02 Å². The van der Waals surface area contributed by atoms with E-state index < -0.39 is 93.0 Å². The normalized spacial score (nSPS) is 17.3. The molecule has 0 saturated heterocycles. The van der Waals surface area contributed by atoms with Crippen LogP contribution in [0.5, 0.6) is 0 Å². The maximum absolute atomic E-state index is 14.9. The molecule has 1 fully saturated rings. The number of benzene rings is 3. The predicted octanol–water partition coefficient (Wildman–Crippen LogP) is 8.03. The summed E-state index contributed by atoms with van der Waals surface area (Å²) in [5.41, 5.74) is -4.09. The number of hydrogen-bond donors (Lipinski definition) is 3. The summed E-state index contributed by atoms with van der Waals surface area (Å²) in [6, 6.07) is 6.26. The van der Waals surface area contributed by atoms with E-state index in [1.54, 1.807) is 5.32 Å². The Morgan fingerprint density at radius 2 is 1.54 bits per heavy atom. The van der Waals surface area contributed by atoms with Crippen LogP contribution >= 0.6 is 34.8 Å². The number of anilines is 3. The Balaban J connectivity index is 1.50. The second-order valence-electron chi connectivity index (χ2n) is 9.61. The van der Waals surface area contributed by atoms with Crippen LogP contribution in [0.25, 0.3) is 0 Å². The first kappa shape index (κ1) is 35.1. The van der Waals surface area contributed by atoms with Crippen LogP contribution in [0.4, 0.5) is 56.6 Å². The molecule has 46 heavy (non-hydrogen) atoms. The molecule has 3 amide bonds. The van der Waals surface area contributed by atoms with Crippen molar-refractivity contribution >= 4 is 69.6 Å². The number of halogens is 12. The van der Waals surface area contributed by atoms with Gasteiger partial charge in [-0.1, -0.05) is 11.6 Å². The summed E-state index contributed by atoms with van der Waals surface area (Å²) in [5, 5.41) is 5.70. The highest BCUT2D eigenvalue weighted by Crippen LogP contribution is 2.65. The highest BCUT2D eigenvalue weighted by atomic mass is 35.5. The molecule has 7 nitrogen and oxygen atoms in total. The van der Waals surface area contributed by atoms with Gasteiger partial charge < -0.3 is 16.0 Å². The second-order valence-corrected chi connectivity index (χ2v) is 11.5. The number of rotatable bonds is 8. The third-order valence-corrected chi connectivity index (χ3v) is 7.66. The minimum Gasteiger partial charge on any atom is -0.326 e. The van der Waals surface area contributed by atoms with Crippen molar-refractivity contribution in [1.29, 1.82) is 0 Å². The van der Waals surface area contributed by atoms with Gasteiger partial charge in [0.25, 0.3) is 11.8 Å². The quantitative estimate of drug-likeness (QED) is 0.162. The van der Waals surface area contributed by atoms with Gasteiger partial charge in [0.05, 0.1) is 27.8 Å². The molecule has 0 bridgehead atoms. The molecule has 1 aliphatic rings. The van der Waals surface area contributed by atoms with E-state index in [0.29, 0.717) is 12.1 Å². The molecule has 0 heterocycles. The first-order chi connectivity index (χ1) is 21.2.